The molecular formula is C17H19BrN2O. The van der Waals surface area contributed by atoms with Crippen LogP contribution in [0.4, 0.5) is 5.69 Å². The van der Waals surface area contributed by atoms with Crippen LogP contribution in [-0.2, 0) is 11.2 Å². The van der Waals surface area contributed by atoms with Crippen molar-refractivity contribution in [2.24, 2.45) is 5.73 Å². The van der Waals surface area contributed by atoms with E-state index >= 15 is 0 Å². The molecular weight excluding hydrogens is 328 g/mol. The van der Waals surface area contributed by atoms with Gasteiger partial charge in [0, 0.05) is 10.2 Å². The highest BCUT2D eigenvalue weighted by atomic mass is 79.9. The molecule has 0 aliphatic rings. The van der Waals surface area contributed by atoms with Crippen LogP contribution in [0.15, 0.2) is 53.0 Å². The van der Waals surface area contributed by atoms with Gasteiger partial charge in [-0.05, 0) is 41.8 Å². The second kappa shape index (κ2) is 7.27. The Hall–Kier alpha value is -1.81. The number of carbonyl (C=O) groups excluding carboxylic acids is 1. The summed E-state index contributed by atoms with van der Waals surface area (Å²) in [5, 5.41) is 3.51. The quantitative estimate of drug-likeness (QED) is 0.829. The molecule has 1 unspecified atom stereocenters. The lowest BCUT2D eigenvalue weighted by molar-refractivity contribution is -0.117. The average Bonchev–Trinajstić information content (AvgIpc) is 2.47. The molecule has 2 aromatic carbocycles. The Labute approximate surface area is 133 Å². The zero-order valence-corrected chi connectivity index (χ0v) is 13.6. The van der Waals surface area contributed by atoms with Crippen molar-refractivity contribution in [2.75, 3.05) is 5.32 Å². The van der Waals surface area contributed by atoms with Crippen LogP contribution in [0.2, 0.25) is 0 Å². The molecule has 4 heteroatoms. The van der Waals surface area contributed by atoms with Gasteiger partial charge in [0.15, 0.2) is 0 Å². The molecule has 2 rings (SSSR count). The number of carbonyl (C=O) groups is 1. The minimum atomic E-state index is -0.308. The van der Waals surface area contributed by atoms with E-state index in [4.69, 9.17) is 5.73 Å². The van der Waals surface area contributed by atoms with E-state index in [9.17, 15) is 4.79 Å². The molecule has 0 fully saturated rings. The molecule has 0 radical (unpaired) electrons. The van der Waals surface area contributed by atoms with Crippen molar-refractivity contribution in [1.29, 1.82) is 0 Å². The summed E-state index contributed by atoms with van der Waals surface area (Å²) in [7, 11) is 0. The molecule has 0 saturated carbocycles. The number of halogens is 1. The van der Waals surface area contributed by atoms with Crippen molar-refractivity contribution < 1.29 is 4.79 Å². The molecule has 3 nitrogen and oxygen atoms in total. The molecule has 1 atom stereocenters. The summed E-state index contributed by atoms with van der Waals surface area (Å²) in [5.74, 6) is -0.308. The molecule has 110 valence electrons. The van der Waals surface area contributed by atoms with Crippen molar-refractivity contribution >= 4 is 27.5 Å². The number of hydrogen-bond donors (Lipinski definition) is 2. The van der Waals surface area contributed by atoms with Crippen LogP contribution < -0.4 is 11.1 Å². The van der Waals surface area contributed by atoms with Gasteiger partial charge in [-0.1, -0.05) is 47.1 Å². The van der Waals surface area contributed by atoms with Crippen molar-refractivity contribution in [2.45, 2.75) is 25.8 Å². The second-order valence-corrected chi connectivity index (χ2v) is 5.91. The van der Waals surface area contributed by atoms with E-state index in [2.05, 4.69) is 52.4 Å². The van der Waals surface area contributed by atoms with Gasteiger partial charge in [0.25, 0.3) is 0 Å². The van der Waals surface area contributed by atoms with Crippen molar-refractivity contribution in [3.63, 3.8) is 0 Å². The van der Waals surface area contributed by atoms with Crippen LogP contribution >= 0.6 is 15.9 Å². The summed E-state index contributed by atoms with van der Waals surface area (Å²) in [4.78, 5) is 10.9. The number of nitrogens with one attached hydrogen (secondary N) is 1. The number of nitrogens with two attached hydrogens (primary N) is 1. The zero-order valence-electron chi connectivity index (χ0n) is 12.0. The van der Waals surface area contributed by atoms with E-state index < -0.39 is 0 Å². The molecule has 0 aliphatic carbocycles. The van der Waals surface area contributed by atoms with Gasteiger partial charge in [-0.2, -0.15) is 0 Å². The Morgan fingerprint density at radius 3 is 2.29 bits per heavy atom. The minimum absolute atomic E-state index is 0.264. The van der Waals surface area contributed by atoms with Gasteiger partial charge in [-0.25, -0.2) is 0 Å². The summed E-state index contributed by atoms with van der Waals surface area (Å²) < 4.78 is 1.08. The Bertz CT molecular complexity index is 593. The monoisotopic (exact) mass is 346 g/mol. The normalized spacial score (nSPS) is 11.9. The zero-order chi connectivity index (χ0) is 15.2. The van der Waals surface area contributed by atoms with Crippen molar-refractivity contribution in [1.82, 2.24) is 0 Å². The first kappa shape index (κ1) is 15.6. The standard InChI is InChI=1S/C17H19BrN2O/c1-2-16(13-5-7-14(18)8-6-13)20-15-9-3-12(4-10-15)11-17(19)21/h3-10,16,20H,2,11H2,1H3,(H2,19,21). The fourth-order valence-corrected chi connectivity index (χ4v) is 2.50. The maximum atomic E-state index is 10.9. The maximum Gasteiger partial charge on any atom is 0.221 e. The lowest BCUT2D eigenvalue weighted by Gasteiger charge is -2.19. The Balaban J connectivity index is 2.07. The highest BCUT2D eigenvalue weighted by molar-refractivity contribution is 9.10. The molecule has 2 aromatic rings. The molecule has 21 heavy (non-hydrogen) atoms. The first-order chi connectivity index (χ1) is 10.1. The SMILES string of the molecule is CCC(Nc1ccc(CC(N)=O)cc1)c1ccc(Br)cc1. The highest BCUT2D eigenvalue weighted by Gasteiger charge is 2.09. The van der Waals surface area contributed by atoms with Gasteiger partial charge in [0.1, 0.15) is 0 Å². The van der Waals surface area contributed by atoms with Crippen molar-refractivity contribution in [3.8, 4) is 0 Å². The van der Waals surface area contributed by atoms with Gasteiger partial charge in [-0.15, -0.1) is 0 Å². The van der Waals surface area contributed by atoms with Crippen LogP contribution in [0.3, 0.4) is 0 Å². The van der Waals surface area contributed by atoms with Crippen LogP contribution in [0.25, 0.3) is 0 Å². The fraction of sp³-hybridized carbons (Fsp3) is 0.235. The molecule has 0 bridgehead atoms. The Morgan fingerprint density at radius 2 is 1.76 bits per heavy atom. The summed E-state index contributed by atoms with van der Waals surface area (Å²) in [6.45, 7) is 2.15. The molecule has 1 amide bonds. The summed E-state index contributed by atoms with van der Waals surface area (Å²) in [6.07, 6.45) is 1.27. The molecule has 3 N–H and O–H groups in total. The molecule has 0 spiro atoms. The Morgan fingerprint density at radius 1 is 1.14 bits per heavy atom. The van der Waals surface area contributed by atoms with Crippen LogP contribution in [0, 0.1) is 0 Å². The van der Waals surface area contributed by atoms with Crippen LogP contribution in [0.5, 0.6) is 0 Å². The van der Waals surface area contributed by atoms with Gasteiger partial charge < -0.3 is 11.1 Å². The predicted octanol–water partition coefficient (Wildman–Crippen LogP) is 4.04. The molecule has 0 aliphatic heterocycles. The lowest BCUT2D eigenvalue weighted by atomic mass is 10.0. The number of benzene rings is 2. The van der Waals surface area contributed by atoms with E-state index in [1.54, 1.807) is 0 Å². The van der Waals surface area contributed by atoms with E-state index in [0.717, 1.165) is 22.1 Å². The third-order valence-corrected chi connectivity index (χ3v) is 3.88. The molecule has 0 heterocycles. The fourth-order valence-electron chi connectivity index (χ4n) is 2.24. The third kappa shape index (κ3) is 4.60. The van der Waals surface area contributed by atoms with Gasteiger partial charge in [0.05, 0.1) is 12.5 Å². The number of hydrogen-bond acceptors (Lipinski definition) is 2. The number of amides is 1. The first-order valence-corrected chi connectivity index (χ1v) is 7.77. The van der Waals surface area contributed by atoms with Gasteiger partial charge in [0.2, 0.25) is 5.91 Å². The van der Waals surface area contributed by atoms with E-state index in [-0.39, 0.29) is 18.4 Å². The topological polar surface area (TPSA) is 55.1 Å². The highest BCUT2D eigenvalue weighted by Crippen LogP contribution is 2.24. The van der Waals surface area contributed by atoms with Crippen LogP contribution in [0.1, 0.15) is 30.5 Å². The third-order valence-electron chi connectivity index (χ3n) is 3.35. The Kier molecular flexibility index (Phi) is 5.39. The summed E-state index contributed by atoms with van der Waals surface area (Å²) in [6, 6.07) is 16.4. The molecule has 0 saturated heterocycles. The number of anilines is 1. The van der Waals surface area contributed by atoms with Gasteiger partial charge in [-0.3, -0.25) is 4.79 Å². The second-order valence-electron chi connectivity index (χ2n) is 5.00. The summed E-state index contributed by atoms with van der Waals surface area (Å²) in [5.41, 5.74) is 8.42. The lowest BCUT2D eigenvalue weighted by Crippen LogP contribution is -2.13. The predicted molar refractivity (Wildman–Crippen MR) is 90.1 cm³/mol. The largest absolute Gasteiger partial charge is 0.378 e. The van der Waals surface area contributed by atoms with E-state index in [0.29, 0.717) is 0 Å². The smallest absolute Gasteiger partial charge is 0.221 e. The summed E-state index contributed by atoms with van der Waals surface area (Å²) >= 11 is 3.45. The first-order valence-electron chi connectivity index (χ1n) is 6.97. The van der Waals surface area contributed by atoms with E-state index in [1.807, 2.05) is 24.3 Å². The average molecular weight is 347 g/mol. The van der Waals surface area contributed by atoms with Crippen molar-refractivity contribution in [3.05, 3.63) is 64.1 Å². The van der Waals surface area contributed by atoms with Gasteiger partial charge >= 0.3 is 0 Å². The number of primary amides is 1. The van der Waals surface area contributed by atoms with Crippen LogP contribution in [-0.4, -0.2) is 5.91 Å². The minimum Gasteiger partial charge on any atom is -0.378 e. The van der Waals surface area contributed by atoms with E-state index in [1.165, 1.54) is 5.56 Å². The number of rotatable bonds is 6. The maximum absolute atomic E-state index is 10.9. The molecule has 0 aromatic heterocycles.